The summed E-state index contributed by atoms with van der Waals surface area (Å²) in [7, 11) is 2.51. The van der Waals surface area contributed by atoms with Crippen LogP contribution in [0.5, 0.6) is 0 Å². The maximum Gasteiger partial charge on any atom is 0.320 e. The van der Waals surface area contributed by atoms with E-state index in [-0.39, 0.29) is 6.42 Å². The average molecular weight is 261 g/mol. The van der Waals surface area contributed by atoms with Crippen molar-refractivity contribution in [3.63, 3.8) is 0 Å². The fraction of sp³-hybridized carbons (Fsp3) is 0.286. The monoisotopic (exact) mass is 261 g/mol. The number of carbonyl (C=O) groups is 2. The van der Waals surface area contributed by atoms with Gasteiger partial charge < -0.3 is 14.5 Å². The van der Waals surface area contributed by atoms with E-state index >= 15 is 0 Å². The highest BCUT2D eigenvalue weighted by Crippen LogP contribution is 2.18. The van der Waals surface area contributed by atoms with Gasteiger partial charge in [-0.05, 0) is 17.5 Å². The van der Waals surface area contributed by atoms with Crippen LogP contribution in [0.25, 0.3) is 10.9 Å². The van der Waals surface area contributed by atoms with Crippen molar-refractivity contribution in [1.29, 1.82) is 0 Å². The topological polar surface area (TPSA) is 68.4 Å². The third-order valence-corrected chi connectivity index (χ3v) is 2.98. The highest BCUT2D eigenvalue weighted by Gasteiger charge is 2.29. The van der Waals surface area contributed by atoms with Crippen molar-refractivity contribution in [2.45, 2.75) is 6.42 Å². The number of aromatic nitrogens is 1. The molecule has 0 atom stereocenters. The largest absolute Gasteiger partial charge is 0.468 e. The Bertz CT molecular complexity index is 553. The first-order valence-corrected chi connectivity index (χ1v) is 5.88. The van der Waals surface area contributed by atoms with E-state index in [4.69, 9.17) is 0 Å². The Balaban J connectivity index is 2.25. The van der Waals surface area contributed by atoms with Gasteiger partial charge in [-0.25, -0.2) is 0 Å². The van der Waals surface area contributed by atoms with Crippen molar-refractivity contribution >= 4 is 22.8 Å². The summed E-state index contributed by atoms with van der Waals surface area (Å²) in [5, 5.41) is 1.03. The molecule has 0 aliphatic rings. The Kier molecular flexibility index (Phi) is 3.85. The van der Waals surface area contributed by atoms with Crippen LogP contribution in [-0.2, 0) is 25.5 Å². The van der Waals surface area contributed by atoms with Crippen LogP contribution in [0.4, 0.5) is 0 Å². The molecule has 0 fully saturated rings. The van der Waals surface area contributed by atoms with Crippen LogP contribution in [0.3, 0.4) is 0 Å². The maximum atomic E-state index is 11.6. The molecule has 0 spiro atoms. The first-order valence-electron chi connectivity index (χ1n) is 5.88. The van der Waals surface area contributed by atoms with E-state index in [1.54, 1.807) is 0 Å². The molecule has 5 heteroatoms. The zero-order valence-electron chi connectivity index (χ0n) is 10.8. The summed E-state index contributed by atoms with van der Waals surface area (Å²) in [6.07, 6.45) is 0.230. The van der Waals surface area contributed by atoms with Gasteiger partial charge in [0.25, 0.3) is 0 Å². The molecule has 0 aliphatic heterocycles. The van der Waals surface area contributed by atoms with E-state index in [1.807, 2.05) is 30.3 Å². The molecule has 2 rings (SSSR count). The Morgan fingerprint density at radius 2 is 1.79 bits per heavy atom. The number of nitrogens with one attached hydrogen (secondary N) is 1. The first-order chi connectivity index (χ1) is 9.15. The Morgan fingerprint density at radius 3 is 2.37 bits per heavy atom. The molecule has 1 heterocycles. The quantitative estimate of drug-likeness (QED) is 0.671. The van der Waals surface area contributed by atoms with E-state index in [1.165, 1.54) is 14.2 Å². The van der Waals surface area contributed by atoms with Crippen LogP contribution in [0.15, 0.2) is 30.3 Å². The minimum absolute atomic E-state index is 0.230. The lowest BCUT2D eigenvalue weighted by Gasteiger charge is -2.11. The molecule has 0 bridgehead atoms. The first kappa shape index (κ1) is 13.1. The van der Waals surface area contributed by atoms with Gasteiger partial charge in [-0.1, -0.05) is 18.2 Å². The van der Waals surface area contributed by atoms with Gasteiger partial charge in [0.05, 0.1) is 14.2 Å². The van der Waals surface area contributed by atoms with Gasteiger partial charge in [0, 0.05) is 17.6 Å². The highest BCUT2D eigenvalue weighted by molar-refractivity contribution is 5.95. The summed E-state index contributed by atoms with van der Waals surface area (Å²) < 4.78 is 9.26. The molecule has 2 aromatic rings. The SMILES string of the molecule is COC(=O)C(Cc1cc2ccccc2[nH]1)C(=O)OC. The van der Waals surface area contributed by atoms with Crippen molar-refractivity contribution in [3.8, 4) is 0 Å². The molecule has 0 saturated heterocycles. The molecule has 1 aromatic heterocycles. The number of ether oxygens (including phenoxy) is 2. The van der Waals surface area contributed by atoms with Gasteiger partial charge in [0.15, 0.2) is 5.92 Å². The minimum atomic E-state index is -0.942. The average Bonchev–Trinajstić information content (AvgIpc) is 2.85. The number of carbonyl (C=O) groups excluding carboxylic acids is 2. The predicted molar refractivity (Wildman–Crippen MR) is 69.5 cm³/mol. The number of methoxy groups -OCH3 is 2. The van der Waals surface area contributed by atoms with Gasteiger partial charge in [-0.2, -0.15) is 0 Å². The maximum absolute atomic E-state index is 11.6. The number of benzene rings is 1. The van der Waals surface area contributed by atoms with E-state index in [0.717, 1.165) is 16.6 Å². The molecule has 0 amide bonds. The zero-order chi connectivity index (χ0) is 13.8. The second kappa shape index (κ2) is 5.56. The molecule has 0 aliphatic carbocycles. The predicted octanol–water partition coefficient (Wildman–Crippen LogP) is 1.67. The number of aromatic amines is 1. The Hall–Kier alpha value is -2.30. The fourth-order valence-corrected chi connectivity index (χ4v) is 2.01. The summed E-state index contributed by atoms with van der Waals surface area (Å²) in [4.78, 5) is 26.4. The lowest BCUT2D eigenvalue weighted by atomic mass is 10.0. The van der Waals surface area contributed by atoms with Gasteiger partial charge in [0.1, 0.15) is 0 Å². The van der Waals surface area contributed by atoms with E-state index < -0.39 is 17.9 Å². The molecule has 0 radical (unpaired) electrons. The smallest absolute Gasteiger partial charge is 0.320 e. The van der Waals surface area contributed by atoms with Crippen LogP contribution < -0.4 is 0 Å². The number of para-hydroxylation sites is 1. The fourth-order valence-electron chi connectivity index (χ4n) is 2.01. The normalized spacial score (nSPS) is 10.7. The lowest BCUT2D eigenvalue weighted by Crippen LogP contribution is -2.28. The molecule has 0 saturated carbocycles. The molecule has 1 aromatic carbocycles. The van der Waals surface area contributed by atoms with Gasteiger partial charge in [-0.3, -0.25) is 9.59 Å². The summed E-state index contributed by atoms with van der Waals surface area (Å²) in [6, 6.07) is 9.65. The van der Waals surface area contributed by atoms with Crippen LogP contribution in [0.2, 0.25) is 0 Å². The number of rotatable bonds is 4. The lowest BCUT2D eigenvalue weighted by molar-refractivity contribution is -0.158. The molecule has 1 N–H and O–H groups in total. The van der Waals surface area contributed by atoms with E-state index in [9.17, 15) is 9.59 Å². The number of esters is 2. The Labute approximate surface area is 110 Å². The number of hydrogen-bond acceptors (Lipinski definition) is 4. The van der Waals surface area contributed by atoms with Crippen LogP contribution in [0, 0.1) is 5.92 Å². The van der Waals surface area contributed by atoms with E-state index in [2.05, 4.69) is 14.5 Å². The number of hydrogen-bond donors (Lipinski definition) is 1. The second-order valence-corrected chi connectivity index (χ2v) is 4.18. The van der Waals surface area contributed by atoms with Crippen molar-refractivity contribution in [2.24, 2.45) is 5.92 Å². The summed E-state index contributed by atoms with van der Waals surface area (Å²) in [6.45, 7) is 0. The Morgan fingerprint density at radius 1 is 1.16 bits per heavy atom. The van der Waals surface area contributed by atoms with Crippen molar-refractivity contribution in [1.82, 2.24) is 4.98 Å². The zero-order valence-corrected chi connectivity index (χ0v) is 10.8. The third-order valence-electron chi connectivity index (χ3n) is 2.98. The molecule has 19 heavy (non-hydrogen) atoms. The third kappa shape index (κ3) is 2.76. The molecule has 0 unspecified atom stereocenters. The molecular weight excluding hydrogens is 246 g/mol. The second-order valence-electron chi connectivity index (χ2n) is 4.18. The minimum Gasteiger partial charge on any atom is -0.468 e. The van der Waals surface area contributed by atoms with Crippen LogP contribution in [0.1, 0.15) is 5.69 Å². The highest BCUT2D eigenvalue weighted by atomic mass is 16.5. The van der Waals surface area contributed by atoms with Gasteiger partial charge in [-0.15, -0.1) is 0 Å². The van der Waals surface area contributed by atoms with Crippen LogP contribution in [-0.4, -0.2) is 31.1 Å². The molecule has 5 nitrogen and oxygen atoms in total. The summed E-state index contributed by atoms with van der Waals surface area (Å²) in [5.74, 6) is -2.13. The van der Waals surface area contributed by atoms with Gasteiger partial charge >= 0.3 is 11.9 Å². The van der Waals surface area contributed by atoms with Crippen LogP contribution >= 0.6 is 0 Å². The van der Waals surface area contributed by atoms with Gasteiger partial charge in [0.2, 0.25) is 0 Å². The number of H-pyrrole nitrogens is 1. The number of fused-ring (bicyclic) bond motifs is 1. The van der Waals surface area contributed by atoms with Crippen molar-refractivity contribution in [2.75, 3.05) is 14.2 Å². The summed E-state index contributed by atoms with van der Waals surface area (Å²) in [5.41, 5.74) is 1.76. The molecule has 100 valence electrons. The van der Waals surface area contributed by atoms with E-state index in [0.29, 0.717) is 0 Å². The summed E-state index contributed by atoms with van der Waals surface area (Å²) >= 11 is 0. The van der Waals surface area contributed by atoms with Crippen molar-refractivity contribution < 1.29 is 19.1 Å². The molecular formula is C14H15NO4. The standard InChI is InChI=1S/C14H15NO4/c1-18-13(16)11(14(17)19-2)8-10-7-9-5-3-4-6-12(9)15-10/h3-7,11,15H,8H2,1-2H3. The van der Waals surface area contributed by atoms with Crippen molar-refractivity contribution in [3.05, 3.63) is 36.0 Å².